The molecule has 0 unspecified atom stereocenters. The van der Waals surface area contributed by atoms with Crippen LogP contribution in [0, 0.1) is 0 Å². The number of aryl methyl sites for hydroxylation is 1. The number of pyridine rings is 1. The number of carbonyl (C=O) groups excluding carboxylic acids is 1. The van der Waals surface area contributed by atoms with Crippen molar-refractivity contribution in [3.05, 3.63) is 36.8 Å². The van der Waals surface area contributed by atoms with Crippen LogP contribution in [0.2, 0.25) is 0 Å². The van der Waals surface area contributed by atoms with Crippen LogP contribution in [0.3, 0.4) is 0 Å². The van der Waals surface area contributed by atoms with Gasteiger partial charge in [-0.15, -0.1) is 0 Å². The molecule has 0 spiro atoms. The highest BCUT2D eigenvalue weighted by molar-refractivity contribution is 6.04. The number of rotatable bonds is 3. The lowest BCUT2D eigenvalue weighted by Gasteiger charge is -2.29. The third kappa shape index (κ3) is 2.64. The molecule has 0 aliphatic heterocycles. The number of hydrogen-bond donors (Lipinski definition) is 1. The fraction of sp³-hybridized carbons (Fsp3) is 0.438. The molecular formula is C16H19N7O. The molecule has 3 heterocycles. The Bertz CT molecular complexity index is 847. The molecule has 4 rings (SSSR count). The summed E-state index contributed by atoms with van der Waals surface area (Å²) in [5.74, 6) is -0.0784. The lowest BCUT2D eigenvalue weighted by Crippen LogP contribution is -2.38. The third-order valence-electron chi connectivity index (χ3n) is 4.69. The number of nitrogens with one attached hydrogen (secondary N) is 1. The second-order valence-electron chi connectivity index (χ2n) is 6.24. The Hall–Kier alpha value is -2.77. The summed E-state index contributed by atoms with van der Waals surface area (Å²) in [6, 6.07) is 2.29. The van der Waals surface area contributed by atoms with Crippen LogP contribution in [0.4, 0.5) is 0 Å². The minimum Gasteiger partial charge on any atom is -0.349 e. The molecule has 1 aliphatic rings. The van der Waals surface area contributed by atoms with Gasteiger partial charge in [0.1, 0.15) is 18.2 Å². The Balaban J connectivity index is 1.43. The van der Waals surface area contributed by atoms with Crippen LogP contribution in [-0.2, 0) is 7.05 Å². The second kappa shape index (κ2) is 6.03. The first kappa shape index (κ1) is 14.8. The van der Waals surface area contributed by atoms with Crippen molar-refractivity contribution in [1.82, 2.24) is 34.6 Å². The molecule has 1 aliphatic carbocycles. The van der Waals surface area contributed by atoms with Crippen LogP contribution in [0.5, 0.6) is 0 Å². The number of nitrogens with zero attached hydrogens (tertiary/aromatic N) is 6. The Morgan fingerprint density at radius 1 is 1.21 bits per heavy atom. The maximum absolute atomic E-state index is 12.6. The SMILES string of the molecule is Cn1cnc2c(C(=O)NC3CCC(n4cncn4)CC3)ccnc21. The molecule has 8 nitrogen and oxygen atoms in total. The summed E-state index contributed by atoms with van der Waals surface area (Å²) in [7, 11) is 1.87. The highest BCUT2D eigenvalue weighted by atomic mass is 16.1. The molecule has 1 N–H and O–H groups in total. The van der Waals surface area contributed by atoms with Crippen LogP contribution in [0.1, 0.15) is 42.1 Å². The van der Waals surface area contributed by atoms with Gasteiger partial charge in [-0.2, -0.15) is 5.10 Å². The van der Waals surface area contributed by atoms with E-state index in [4.69, 9.17) is 0 Å². The van der Waals surface area contributed by atoms with Crippen molar-refractivity contribution in [3.8, 4) is 0 Å². The highest BCUT2D eigenvalue weighted by Crippen LogP contribution is 2.27. The zero-order valence-electron chi connectivity index (χ0n) is 13.5. The summed E-state index contributed by atoms with van der Waals surface area (Å²) in [5, 5.41) is 7.35. The van der Waals surface area contributed by atoms with Crippen LogP contribution in [-0.4, -0.2) is 41.2 Å². The van der Waals surface area contributed by atoms with Gasteiger partial charge in [0, 0.05) is 19.3 Å². The Morgan fingerprint density at radius 3 is 2.79 bits per heavy atom. The van der Waals surface area contributed by atoms with E-state index in [0.29, 0.717) is 17.1 Å². The van der Waals surface area contributed by atoms with Crippen LogP contribution in [0.15, 0.2) is 31.2 Å². The summed E-state index contributed by atoms with van der Waals surface area (Å²) in [6.07, 6.45) is 10.5. The zero-order chi connectivity index (χ0) is 16.5. The van der Waals surface area contributed by atoms with Crippen LogP contribution >= 0.6 is 0 Å². The standard InChI is InChI=1S/C16H19N7O/c1-22-10-19-14-13(6-7-18-15(14)22)16(24)21-11-2-4-12(5-3-11)23-9-17-8-20-23/h6-12H,2-5H2,1H3,(H,21,24). The average molecular weight is 325 g/mol. The summed E-state index contributed by atoms with van der Waals surface area (Å²) >= 11 is 0. The van der Waals surface area contributed by atoms with Gasteiger partial charge in [-0.05, 0) is 31.7 Å². The van der Waals surface area contributed by atoms with Crippen molar-refractivity contribution in [2.75, 3.05) is 0 Å². The number of imidazole rings is 1. The maximum Gasteiger partial charge on any atom is 0.253 e. The van der Waals surface area contributed by atoms with Gasteiger partial charge in [-0.3, -0.25) is 4.79 Å². The molecule has 0 bridgehead atoms. The van der Waals surface area contributed by atoms with Gasteiger partial charge < -0.3 is 9.88 Å². The van der Waals surface area contributed by atoms with E-state index in [9.17, 15) is 4.79 Å². The van der Waals surface area contributed by atoms with Crippen LogP contribution in [0.25, 0.3) is 11.2 Å². The highest BCUT2D eigenvalue weighted by Gasteiger charge is 2.25. The molecule has 0 atom stereocenters. The van der Waals surface area contributed by atoms with Crippen molar-refractivity contribution in [3.63, 3.8) is 0 Å². The van der Waals surface area contributed by atoms with Gasteiger partial charge in [0.05, 0.1) is 17.9 Å². The monoisotopic (exact) mass is 325 g/mol. The van der Waals surface area contributed by atoms with E-state index in [1.165, 1.54) is 0 Å². The quantitative estimate of drug-likeness (QED) is 0.787. The van der Waals surface area contributed by atoms with Gasteiger partial charge in [0.15, 0.2) is 5.65 Å². The maximum atomic E-state index is 12.6. The predicted octanol–water partition coefficient (Wildman–Crippen LogP) is 1.47. The summed E-state index contributed by atoms with van der Waals surface area (Å²) in [4.78, 5) is 25.2. The van der Waals surface area contributed by atoms with Crippen LogP contribution < -0.4 is 5.32 Å². The van der Waals surface area contributed by atoms with Crippen molar-refractivity contribution in [2.45, 2.75) is 37.8 Å². The molecule has 3 aromatic heterocycles. The first-order chi connectivity index (χ1) is 11.7. The molecule has 0 saturated heterocycles. The third-order valence-corrected chi connectivity index (χ3v) is 4.69. The summed E-state index contributed by atoms with van der Waals surface area (Å²) in [6.45, 7) is 0. The Labute approximate surface area is 138 Å². The van der Waals surface area contributed by atoms with E-state index >= 15 is 0 Å². The van der Waals surface area contributed by atoms with E-state index in [0.717, 1.165) is 31.3 Å². The Kier molecular flexibility index (Phi) is 3.72. The van der Waals surface area contributed by atoms with Gasteiger partial charge in [0.25, 0.3) is 5.91 Å². The smallest absolute Gasteiger partial charge is 0.253 e. The molecule has 24 heavy (non-hydrogen) atoms. The Morgan fingerprint density at radius 2 is 2.04 bits per heavy atom. The van der Waals surface area contributed by atoms with Gasteiger partial charge in [0.2, 0.25) is 0 Å². The topological polar surface area (TPSA) is 90.5 Å². The van der Waals surface area contributed by atoms with E-state index in [-0.39, 0.29) is 11.9 Å². The number of hydrogen-bond acceptors (Lipinski definition) is 5. The average Bonchev–Trinajstić information content (AvgIpc) is 3.26. The zero-order valence-corrected chi connectivity index (χ0v) is 13.5. The normalized spacial score (nSPS) is 21.0. The number of carbonyl (C=O) groups is 1. The van der Waals surface area contributed by atoms with E-state index in [1.807, 2.05) is 16.3 Å². The molecule has 0 radical (unpaired) electrons. The lowest BCUT2D eigenvalue weighted by molar-refractivity contribution is 0.0923. The largest absolute Gasteiger partial charge is 0.349 e. The van der Waals surface area contributed by atoms with Gasteiger partial charge in [-0.25, -0.2) is 19.6 Å². The lowest BCUT2D eigenvalue weighted by atomic mass is 9.91. The van der Waals surface area contributed by atoms with Gasteiger partial charge in [-0.1, -0.05) is 0 Å². The first-order valence-corrected chi connectivity index (χ1v) is 8.13. The predicted molar refractivity (Wildman–Crippen MR) is 87.3 cm³/mol. The fourth-order valence-corrected chi connectivity index (χ4v) is 3.36. The first-order valence-electron chi connectivity index (χ1n) is 8.13. The minimum absolute atomic E-state index is 0.0784. The molecule has 0 aromatic carbocycles. The molecule has 124 valence electrons. The van der Waals surface area contributed by atoms with Crippen molar-refractivity contribution >= 4 is 17.1 Å². The molecule has 8 heteroatoms. The second-order valence-corrected chi connectivity index (χ2v) is 6.24. The van der Waals surface area contributed by atoms with E-state index in [1.54, 1.807) is 31.2 Å². The molecule has 1 amide bonds. The van der Waals surface area contributed by atoms with E-state index in [2.05, 4.69) is 25.4 Å². The number of amides is 1. The molecule has 3 aromatic rings. The van der Waals surface area contributed by atoms with Crippen molar-refractivity contribution in [1.29, 1.82) is 0 Å². The molecule has 1 fully saturated rings. The number of aromatic nitrogens is 6. The number of fused-ring (bicyclic) bond motifs is 1. The van der Waals surface area contributed by atoms with Gasteiger partial charge >= 0.3 is 0 Å². The van der Waals surface area contributed by atoms with E-state index < -0.39 is 0 Å². The van der Waals surface area contributed by atoms with Crippen molar-refractivity contribution < 1.29 is 4.79 Å². The minimum atomic E-state index is -0.0784. The van der Waals surface area contributed by atoms with Crippen molar-refractivity contribution in [2.24, 2.45) is 7.05 Å². The fourth-order valence-electron chi connectivity index (χ4n) is 3.36. The summed E-state index contributed by atoms with van der Waals surface area (Å²) < 4.78 is 3.73. The summed E-state index contributed by atoms with van der Waals surface area (Å²) in [5.41, 5.74) is 1.95. The molecular weight excluding hydrogens is 306 g/mol. The molecule has 1 saturated carbocycles.